The summed E-state index contributed by atoms with van der Waals surface area (Å²) >= 11 is 7.10. The van der Waals surface area contributed by atoms with Crippen molar-refractivity contribution in [3.63, 3.8) is 0 Å². The van der Waals surface area contributed by atoms with Crippen molar-refractivity contribution in [2.24, 2.45) is 0 Å². The van der Waals surface area contributed by atoms with Crippen molar-refractivity contribution in [2.75, 3.05) is 6.61 Å². The first-order chi connectivity index (χ1) is 14.8. The van der Waals surface area contributed by atoms with Gasteiger partial charge in [0.2, 0.25) is 0 Å². The molecule has 0 radical (unpaired) electrons. The molecule has 1 aliphatic rings. The number of hydrogen-bond acceptors (Lipinski definition) is 7. The molecule has 0 bridgehead atoms. The molecule has 1 fully saturated rings. The molecule has 1 N–H and O–H groups in total. The Balaban J connectivity index is 1.74. The van der Waals surface area contributed by atoms with Crippen LogP contribution in [0, 0.1) is 21.4 Å². The molecule has 1 aliphatic carbocycles. The second kappa shape index (κ2) is 9.81. The second-order valence-electron chi connectivity index (χ2n) is 7.02. The topological polar surface area (TPSA) is 122 Å². The lowest BCUT2D eigenvalue weighted by Gasteiger charge is -2.21. The summed E-state index contributed by atoms with van der Waals surface area (Å²) in [7, 11) is 0. The third kappa shape index (κ3) is 5.75. The number of rotatable bonds is 7. The van der Waals surface area contributed by atoms with E-state index in [0.717, 1.165) is 23.8 Å². The predicted octanol–water partition coefficient (Wildman–Crippen LogP) is 4.51. The first kappa shape index (κ1) is 22.6. The zero-order valence-electron chi connectivity index (χ0n) is 16.3. The van der Waals surface area contributed by atoms with Crippen molar-refractivity contribution in [1.82, 2.24) is 5.32 Å². The maximum absolute atomic E-state index is 12.7. The first-order valence-corrected chi connectivity index (χ1v) is 10.6. The number of nitrogens with zero attached hydrogens (tertiary/aromatic N) is 2. The fourth-order valence-electron chi connectivity index (χ4n) is 3.26. The van der Waals surface area contributed by atoms with E-state index in [2.05, 4.69) is 11.4 Å². The summed E-state index contributed by atoms with van der Waals surface area (Å²) in [6, 6.07) is 12.9. The van der Waals surface area contributed by atoms with E-state index >= 15 is 0 Å². The molecule has 0 saturated heterocycles. The van der Waals surface area contributed by atoms with Gasteiger partial charge in [0.05, 0.1) is 16.6 Å². The van der Waals surface area contributed by atoms with Crippen molar-refractivity contribution in [3.8, 4) is 6.07 Å². The number of nitro groups is 1. The lowest BCUT2D eigenvalue weighted by atomic mass is 10.00. The summed E-state index contributed by atoms with van der Waals surface area (Å²) in [4.78, 5) is 36.6. The lowest BCUT2D eigenvalue weighted by molar-refractivity contribution is -0.384. The minimum Gasteiger partial charge on any atom is -0.452 e. The molecule has 1 amide bonds. The maximum Gasteiger partial charge on any atom is 0.340 e. The van der Waals surface area contributed by atoms with E-state index in [0.29, 0.717) is 22.8 Å². The molecule has 10 heteroatoms. The molecule has 0 atom stereocenters. The van der Waals surface area contributed by atoms with Crippen LogP contribution in [-0.2, 0) is 9.53 Å². The van der Waals surface area contributed by atoms with E-state index in [1.54, 1.807) is 24.3 Å². The molecule has 1 saturated carbocycles. The van der Waals surface area contributed by atoms with Gasteiger partial charge in [-0.05, 0) is 56.0 Å². The highest BCUT2D eigenvalue weighted by molar-refractivity contribution is 7.99. The van der Waals surface area contributed by atoms with Gasteiger partial charge in [0.25, 0.3) is 11.6 Å². The minimum atomic E-state index is -0.926. The molecule has 160 valence electrons. The van der Waals surface area contributed by atoms with Crippen LogP contribution in [0.4, 0.5) is 5.69 Å². The Morgan fingerprint density at radius 3 is 2.52 bits per heavy atom. The summed E-state index contributed by atoms with van der Waals surface area (Å²) in [5.41, 5.74) is -1.23. The molecule has 31 heavy (non-hydrogen) atoms. The molecule has 0 heterocycles. The zero-order chi connectivity index (χ0) is 22.4. The molecule has 0 aliphatic heterocycles. The zero-order valence-corrected chi connectivity index (χ0v) is 17.9. The number of hydrogen-bond donors (Lipinski definition) is 1. The number of amides is 1. The molecular formula is C21H18ClN3O5S. The van der Waals surface area contributed by atoms with Crippen LogP contribution in [0.3, 0.4) is 0 Å². The molecule has 2 aromatic carbocycles. The molecule has 8 nitrogen and oxygen atoms in total. The van der Waals surface area contributed by atoms with Crippen molar-refractivity contribution in [1.29, 1.82) is 5.26 Å². The summed E-state index contributed by atoms with van der Waals surface area (Å²) in [6.45, 7) is -0.587. The standard InChI is InChI=1S/C21H18ClN3O5S/c22-14-3-6-16(7-4-14)31-18-8-5-15(25(28)29)11-17(18)20(27)30-12-19(26)24-21(13-23)9-1-2-10-21/h3-8,11H,1-2,9-10,12H2,(H,24,26). The minimum absolute atomic E-state index is 0.0298. The van der Waals surface area contributed by atoms with Gasteiger partial charge in [-0.15, -0.1) is 0 Å². The third-order valence-electron chi connectivity index (χ3n) is 4.82. The maximum atomic E-state index is 12.7. The number of non-ortho nitro benzene ring substituents is 1. The van der Waals surface area contributed by atoms with Gasteiger partial charge in [-0.3, -0.25) is 14.9 Å². The molecule has 0 unspecified atom stereocenters. The van der Waals surface area contributed by atoms with Gasteiger partial charge in [-0.1, -0.05) is 23.4 Å². The van der Waals surface area contributed by atoms with E-state index in [1.165, 1.54) is 23.9 Å². The Hall–Kier alpha value is -3.09. The average Bonchev–Trinajstić information content (AvgIpc) is 3.22. The number of esters is 1. The predicted molar refractivity (Wildman–Crippen MR) is 114 cm³/mol. The number of nitrogens with one attached hydrogen (secondary N) is 1. The number of nitro benzene ring substituents is 1. The highest BCUT2D eigenvalue weighted by atomic mass is 35.5. The number of carbonyl (C=O) groups is 2. The Labute approximate surface area is 187 Å². The third-order valence-corrected chi connectivity index (χ3v) is 6.16. The normalized spacial score (nSPS) is 14.5. The van der Waals surface area contributed by atoms with E-state index in [9.17, 15) is 25.0 Å². The number of ether oxygens (including phenoxy) is 1. The summed E-state index contributed by atoms with van der Waals surface area (Å²) < 4.78 is 5.10. The van der Waals surface area contributed by atoms with Crippen LogP contribution in [0.1, 0.15) is 36.0 Å². The molecule has 3 rings (SSSR count). The fourth-order valence-corrected chi connectivity index (χ4v) is 4.31. The number of carbonyl (C=O) groups excluding carboxylic acids is 2. The van der Waals surface area contributed by atoms with E-state index in [4.69, 9.17) is 16.3 Å². The van der Waals surface area contributed by atoms with Crippen LogP contribution in [0.15, 0.2) is 52.3 Å². The quantitative estimate of drug-likeness (QED) is 0.367. The molecule has 0 spiro atoms. The Morgan fingerprint density at radius 1 is 1.23 bits per heavy atom. The van der Waals surface area contributed by atoms with Crippen LogP contribution in [0.5, 0.6) is 0 Å². The Bertz CT molecular complexity index is 1050. The van der Waals surface area contributed by atoms with E-state index < -0.39 is 28.9 Å². The second-order valence-corrected chi connectivity index (χ2v) is 8.57. The fraction of sp³-hybridized carbons (Fsp3) is 0.286. The highest BCUT2D eigenvalue weighted by Crippen LogP contribution is 2.34. The van der Waals surface area contributed by atoms with Crippen molar-refractivity contribution in [3.05, 3.63) is 63.2 Å². The molecule has 2 aromatic rings. The van der Waals surface area contributed by atoms with Gasteiger partial charge in [-0.2, -0.15) is 5.26 Å². The van der Waals surface area contributed by atoms with Gasteiger partial charge >= 0.3 is 5.97 Å². The summed E-state index contributed by atoms with van der Waals surface area (Å²) in [5.74, 6) is -1.46. The Morgan fingerprint density at radius 2 is 1.90 bits per heavy atom. The van der Waals surface area contributed by atoms with Crippen LogP contribution < -0.4 is 5.32 Å². The molecular weight excluding hydrogens is 442 g/mol. The van der Waals surface area contributed by atoms with Gasteiger partial charge in [-0.25, -0.2) is 4.79 Å². The van der Waals surface area contributed by atoms with Gasteiger partial charge in [0.1, 0.15) is 5.54 Å². The van der Waals surface area contributed by atoms with Crippen molar-refractivity contribution >= 4 is 40.9 Å². The van der Waals surface area contributed by atoms with Crippen LogP contribution in [-0.4, -0.2) is 28.9 Å². The lowest BCUT2D eigenvalue weighted by Crippen LogP contribution is -2.46. The van der Waals surface area contributed by atoms with Gasteiger partial charge < -0.3 is 10.1 Å². The van der Waals surface area contributed by atoms with E-state index in [-0.39, 0.29) is 11.3 Å². The highest BCUT2D eigenvalue weighted by Gasteiger charge is 2.35. The van der Waals surface area contributed by atoms with Crippen LogP contribution in [0.2, 0.25) is 5.02 Å². The summed E-state index contributed by atoms with van der Waals surface area (Å²) in [5, 5.41) is 23.7. The Kier molecular flexibility index (Phi) is 7.15. The number of nitriles is 1. The monoisotopic (exact) mass is 459 g/mol. The largest absolute Gasteiger partial charge is 0.452 e. The van der Waals surface area contributed by atoms with Crippen LogP contribution >= 0.6 is 23.4 Å². The number of benzene rings is 2. The van der Waals surface area contributed by atoms with E-state index in [1.807, 2.05) is 0 Å². The smallest absolute Gasteiger partial charge is 0.340 e. The molecule has 0 aromatic heterocycles. The SMILES string of the molecule is N#CC1(NC(=O)COC(=O)c2cc([N+](=O)[O-])ccc2Sc2ccc(Cl)cc2)CCCC1. The van der Waals surface area contributed by atoms with Crippen molar-refractivity contribution < 1.29 is 19.2 Å². The average molecular weight is 460 g/mol. The number of halogens is 1. The first-order valence-electron chi connectivity index (χ1n) is 9.43. The van der Waals surface area contributed by atoms with Crippen molar-refractivity contribution in [2.45, 2.75) is 41.0 Å². The van der Waals surface area contributed by atoms with Gasteiger partial charge in [0.15, 0.2) is 6.61 Å². The van der Waals surface area contributed by atoms with Crippen LogP contribution in [0.25, 0.3) is 0 Å². The van der Waals surface area contributed by atoms with Gasteiger partial charge in [0, 0.05) is 26.9 Å². The summed E-state index contributed by atoms with van der Waals surface area (Å²) in [6.07, 6.45) is 2.78.